The minimum Gasteiger partial charge on any atom is -0.306 e. The molecule has 1 saturated carbocycles. The van der Waals surface area contributed by atoms with Crippen LogP contribution in [-0.2, 0) is 6.54 Å². The van der Waals surface area contributed by atoms with Gasteiger partial charge in [-0.25, -0.2) is 9.67 Å². The zero-order valence-corrected chi connectivity index (χ0v) is 17.9. The van der Waals surface area contributed by atoms with Crippen molar-refractivity contribution in [3.63, 3.8) is 0 Å². The van der Waals surface area contributed by atoms with Crippen molar-refractivity contribution in [3.05, 3.63) is 71.7 Å². The van der Waals surface area contributed by atoms with E-state index in [1.807, 2.05) is 49.5 Å². The number of amides is 1. The highest BCUT2D eigenvalue weighted by Gasteiger charge is 2.31. The highest BCUT2D eigenvalue weighted by Crippen LogP contribution is 2.27. The molecule has 1 aromatic carbocycles. The lowest BCUT2D eigenvalue weighted by molar-refractivity contribution is 0.102. The molecule has 7 nitrogen and oxygen atoms in total. The van der Waals surface area contributed by atoms with Crippen LogP contribution >= 0.6 is 0 Å². The van der Waals surface area contributed by atoms with Gasteiger partial charge in [0.25, 0.3) is 5.91 Å². The predicted octanol–water partition coefficient (Wildman–Crippen LogP) is 3.11. The summed E-state index contributed by atoms with van der Waals surface area (Å²) in [6, 6.07) is 12.7. The summed E-state index contributed by atoms with van der Waals surface area (Å²) in [7, 11) is 0. The van der Waals surface area contributed by atoms with E-state index in [4.69, 9.17) is 0 Å². The van der Waals surface area contributed by atoms with Gasteiger partial charge in [0.1, 0.15) is 5.82 Å². The van der Waals surface area contributed by atoms with Crippen LogP contribution in [0.4, 0.5) is 5.82 Å². The average molecular weight is 417 g/mol. The molecule has 160 valence electrons. The van der Waals surface area contributed by atoms with Crippen LogP contribution in [0.1, 0.15) is 34.3 Å². The maximum Gasteiger partial charge on any atom is 0.260 e. The number of hydrogen-bond donors (Lipinski definition) is 1. The lowest BCUT2D eigenvalue weighted by Gasteiger charge is -2.34. The molecule has 31 heavy (non-hydrogen) atoms. The number of carbonyl (C=O) groups excluding carboxylic acids is 1. The highest BCUT2D eigenvalue weighted by atomic mass is 16.1. The van der Waals surface area contributed by atoms with E-state index in [9.17, 15) is 4.79 Å². The Hall–Kier alpha value is -3.03. The Bertz CT molecular complexity index is 1050. The number of hydrogen-bond acceptors (Lipinski definition) is 5. The van der Waals surface area contributed by atoms with Crippen LogP contribution in [0.2, 0.25) is 0 Å². The molecule has 2 aromatic heterocycles. The van der Waals surface area contributed by atoms with Crippen LogP contribution in [0.5, 0.6) is 0 Å². The summed E-state index contributed by atoms with van der Waals surface area (Å²) < 4.78 is 1.73. The number of pyridine rings is 1. The fraction of sp³-hybridized carbons (Fsp3) is 0.375. The Morgan fingerprint density at radius 3 is 2.58 bits per heavy atom. The zero-order chi connectivity index (χ0) is 21.2. The third-order valence-corrected chi connectivity index (χ3v) is 6.15. The lowest BCUT2D eigenvalue weighted by Crippen LogP contribution is -2.46. The lowest BCUT2D eigenvalue weighted by atomic mass is 10.2. The molecular weight excluding hydrogens is 388 g/mol. The number of aromatic nitrogens is 3. The first-order chi connectivity index (χ1) is 15.2. The number of para-hydroxylation sites is 1. The van der Waals surface area contributed by atoms with Crippen LogP contribution in [0.15, 0.2) is 55.0 Å². The maximum atomic E-state index is 12.6. The third kappa shape index (κ3) is 4.68. The summed E-state index contributed by atoms with van der Waals surface area (Å²) in [6.45, 7) is 7.49. The Morgan fingerprint density at radius 2 is 1.87 bits per heavy atom. The van der Waals surface area contributed by atoms with Gasteiger partial charge in [0.15, 0.2) is 0 Å². The molecular formula is C24H28N6O. The number of aryl methyl sites for hydroxylation is 1. The quantitative estimate of drug-likeness (QED) is 0.669. The molecule has 7 heteroatoms. The van der Waals surface area contributed by atoms with Gasteiger partial charge >= 0.3 is 0 Å². The first-order valence-corrected chi connectivity index (χ1v) is 11.0. The van der Waals surface area contributed by atoms with Gasteiger partial charge in [-0.2, -0.15) is 5.10 Å². The summed E-state index contributed by atoms with van der Waals surface area (Å²) >= 11 is 0. The third-order valence-electron chi connectivity index (χ3n) is 6.15. The number of anilines is 1. The molecule has 5 rings (SSSR count). The van der Waals surface area contributed by atoms with Gasteiger partial charge in [-0.15, -0.1) is 0 Å². The fourth-order valence-corrected chi connectivity index (χ4v) is 4.16. The Kier molecular flexibility index (Phi) is 5.53. The molecule has 0 bridgehead atoms. The monoisotopic (exact) mass is 416 g/mol. The van der Waals surface area contributed by atoms with E-state index in [1.54, 1.807) is 17.1 Å². The molecule has 0 radical (unpaired) electrons. The molecule has 1 N–H and O–H groups in total. The van der Waals surface area contributed by atoms with Gasteiger partial charge in [-0.1, -0.05) is 24.3 Å². The first-order valence-electron chi connectivity index (χ1n) is 11.0. The predicted molar refractivity (Wildman–Crippen MR) is 120 cm³/mol. The van der Waals surface area contributed by atoms with Gasteiger partial charge < -0.3 is 5.32 Å². The number of rotatable bonds is 6. The minimum absolute atomic E-state index is 0.212. The average Bonchev–Trinajstić information content (AvgIpc) is 3.52. The normalized spacial score (nSPS) is 17.6. The van der Waals surface area contributed by atoms with E-state index in [0.29, 0.717) is 11.4 Å². The van der Waals surface area contributed by atoms with E-state index in [-0.39, 0.29) is 5.91 Å². The highest BCUT2D eigenvalue weighted by molar-refractivity contribution is 6.03. The molecule has 0 atom stereocenters. The van der Waals surface area contributed by atoms with Crippen molar-refractivity contribution in [3.8, 4) is 5.69 Å². The van der Waals surface area contributed by atoms with Crippen LogP contribution in [0.25, 0.3) is 5.69 Å². The number of benzene rings is 1. The molecule has 1 amide bonds. The van der Waals surface area contributed by atoms with Crippen molar-refractivity contribution >= 4 is 11.7 Å². The first kappa shape index (κ1) is 19.9. The van der Waals surface area contributed by atoms with Crippen molar-refractivity contribution in [1.82, 2.24) is 24.6 Å². The van der Waals surface area contributed by atoms with E-state index in [0.717, 1.165) is 36.9 Å². The van der Waals surface area contributed by atoms with Crippen LogP contribution in [0.3, 0.4) is 0 Å². The topological polar surface area (TPSA) is 66.3 Å². The summed E-state index contributed by atoms with van der Waals surface area (Å²) in [5.74, 6) is 0.340. The minimum atomic E-state index is -0.212. The van der Waals surface area contributed by atoms with Crippen molar-refractivity contribution in [2.45, 2.75) is 32.4 Å². The molecule has 2 aliphatic rings. The fourth-order valence-electron chi connectivity index (χ4n) is 4.16. The van der Waals surface area contributed by atoms with Crippen LogP contribution < -0.4 is 5.32 Å². The van der Waals surface area contributed by atoms with Gasteiger partial charge in [-0.05, 0) is 43.0 Å². The van der Waals surface area contributed by atoms with E-state index in [1.165, 1.54) is 31.5 Å². The molecule has 0 spiro atoms. The van der Waals surface area contributed by atoms with Crippen LogP contribution in [0, 0.1) is 6.92 Å². The van der Waals surface area contributed by atoms with E-state index in [2.05, 4.69) is 25.2 Å². The van der Waals surface area contributed by atoms with Gasteiger partial charge in [0.05, 0.1) is 17.4 Å². The molecule has 1 aliphatic heterocycles. The molecule has 3 aromatic rings. The van der Waals surface area contributed by atoms with Crippen molar-refractivity contribution in [1.29, 1.82) is 0 Å². The number of carbonyl (C=O) groups is 1. The standard InChI is InChI=1S/C24H28N6O/c1-18-4-2-3-5-22(18)30-17-20(15-26-30)24(31)27-23-9-6-19(14-25-23)16-28-10-12-29(13-11-28)21-7-8-21/h2-6,9,14-15,17,21H,7-8,10-13,16H2,1H3,(H,25,27,31). The smallest absolute Gasteiger partial charge is 0.260 e. The molecule has 0 unspecified atom stereocenters. The second-order valence-electron chi connectivity index (χ2n) is 8.51. The van der Waals surface area contributed by atoms with Crippen LogP contribution in [-0.4, -0.2) is 62.7 Å². The SMILES string of the molecule is Cc1ccccc1-n1cc(C(=O)Nc2ccc(CN3CCN(C4CC4)CC3)cn2)cn1. The Morgan fingerprint density at radius 1 is 1.06 bits per heavy atom. The van der Waals surface area contributed by atoms with Crippen molar-refractivity contribution < 1.29 is 4.79 Å². The summed E-state index contributed by atoms with van der Waals surface area (Å²) in [5, 5.41) is 7.21. The molecule has 1 aliphatic carbocycles. The van der Waals surface area contributed by atoms with E-state index < -0.39 is 0 Å². The molecule has 3 heterocycles. The summed E-state index contributed by atoms with van der Waals surface area (Å²) in [6.07, 6.45) is 7.94. The van der Waals surface area contributed by atoms with Crippen molar-refractivity contribution in [2.75, 3.05) is 31.5 Å². The number of nitrogens with one attached hydrogen (secondary N) is 1. The number of nitrogens with zero attached hydrogens (tertiary/aromatic N) is 5. The maximum absolute atomic E-state index is 12.6. The molecule has 1 saturated heterocycles. The largest absolute Gasteiger partial charge is 0.306 e. The second-order valence-corrected chi connectivity index (χ2v) is 8.51. The summed E-state index contributed by atoms with van der Waals surface area (Å²) in [4.78, 5) is 22.2. The van der Waals surface area contributed by atoms with E-state index >= 15 is 0 Å². The number of piperazine rings is 1. The zero-order valence-electron chi connectivity index (χ0n) is 17.9. The molecule has 2 fully saturated rings. The Balaban J connectivity index is 1.16. The van der Waals surface area contributed by atoms with Gasteiger partial charge in [0, 0.05) is 51.2 Å². The summed E-state index contributed by atoms with van der Waals surface area (Å²) in [5.41, 5.74) is 3.73. The Labute approximate surface area is 182 Å². The van der Waals surface area contributed by atoms with Gasteiger partial charge in [0.2, 0.25) is 0 Å². The van der Waals surface area contributed by atoms with Gasteiger partial charge in [-0.3, -0.25) is 14.6 Å². The second kappa shape index (κ2) is 8.61. The van der Waals surface area contributed by atoms with Crippen molar-refractivity contribution in [2.24, 2.45) is 0 Å².